The summed E-state index contributed by atoms with van der Waals surface area (Å²) < 4.78 is 27.5. The molecule has 26 heavy (non-hydrogen) atoms. The average molecular weight is 383 g/mol. The Kier molecular flexibility index (Phi) is 5.20. The molecule has 4 rings (SSSR count). The lowest BCUT2D eigenvalue weighted by molar-refractivity contribution is 0.0524. The van der Waals surface area contributed by atoms with Crippen molar-refractivity contribution >= 4 is 29.3 Å². The van der Waals surface area contributed by atoms with Crippen LogP contribution in [0.15, 0.2) is 17.1 Å². The number of ether oxygens (including phenoxy) is 2. The monoisotopic (exact) mass is 382 g/mol. The van der Waals surface area contributed by atoms with E-state index >= 15 is 4.39 Å². The molecule has 1 saturated carbocycles. The van der Waals surface area contributed by atoms with E-state index < -0.39 is 17.2 Å². The number of hydrogen-bond donors (Lipinski definition) is 1. The number of carbonyl (C=O) groups excluding carboxylic acids is 1. The summed E-state index contributed by atoms with van der Waals surface area (Å²) in [4.78, 5) is 25.0. The second kappa shape index (κ2) is 7.25. The molecule has 6 nitrogen and oxygen atoms in total. The molecule has 2 aromatic rings. The van der Waals surface area contributed by atoms with Gasteiger partial charge in [-0.15, -0.1) is 12.4 Å². The third-order valence-electron chi connectivity index (χ3n) is 4.56. The standard InChI is InChI=1S/C18H19FN2O4.ClH/c1-2-24-18(23)13-9-21(11-3-4-11)15-12(16(13)22)7-10-8-20-5-6-25-17(10)14(15)19;/h7,9,11,20H,2-6,8H2,1H3;1H. The van der Waals surface area contributed by atoms with E-state index in [0.29, 0.717) is 25.3 Å². The van der Waals surface area contributed by atoms with Gasteiger partial charge in [0.2, 0.25) is 5.43 Å². The first-order valence-corrected chi connectivity index (χ1v) is 8.52. The molecule has 1 aliphatic carbocycles. The fourth-order valence-electron chi connectivity index (χ4n) is 3.24. The molecular weight excluding hydrogens is 363 g/mol. The molecule has 140 valence electrons. The van der Waals surface area contributed by atoms with Gasteiger partial charge in [-0.1, -0.05) is 0 Å². The van der Waals surface area contributed by atoms with Gasteiger partial charge in [-0.2, -0.15) is 0 Å². The smallest absolute Gasteiger partial charge is 0.343 e. The maximum atomic E-state index is 15.2. The lowest BCUT2D eigenvalue weighted by atomic mass is 10.1. The summed E-state index contributed by atoms with van der Waals surface area (Å²) in [6.45, 7) is 3.24. The fourth-order valence-corrected chi connectivity index (χ4v) is 3.24. The molecule has 1 aliphatic heterocycles. The predicted octanol–water partition coefficient (Wildman–Crippen LogP) is 2.56. The highest BCUT2D eigenvalue weighted by Crippen LogP contribution is 2.39. The van der Waals surface area contributed by atoms with Crippen LogP contribution in [-0.4, -0.2) is 30.3 Å². The number of fused-ring (bicyclic) bond motifs is 2. The van der Waals surface area contributed by atoms with Gasteiger partial charge in [0, 0.05) is 30.9 Å². The molecular formula is C18H20ClFN2O4. The molecule has 0 atom stereocenters. The molecule has 1 aromatic heterocycles. The number of halogens is 2. The Bertz CT molecular complexity index is 924. The molecule has 0 radical (unpaired) electrons. The van der Waals surface area contributed by atoms with Crippen molar-refractivity contribution in [1.29, 1.82) is 0 Å². The third-order valence-corrected chi connectivity index (χ3v) is 4.56. The van der Waals surface area contributed by atoms with Crippen LogP contribution in [0.2, 0.25) is 0 Å². The number of carbonyl (C=O) groups is 1. The largest absolute Gasteiger partial charge is 0.489 e. The summed E-state index contributed by atoms with van der Waals surface area (Å²) in [5.41, 5.74) is 0.239. The maximum absolute atomic E-state index is 15.2. The molecule has 2 heterocycles. The lowest BCUT2D eigenvalue weighted by Gasteiger charge is -2.16. The molecule has 8 heteroatoms. The second-order valence-corrected chi connectivity index (χ2v) is 6.33. The second-order valence-electron chi connectivity index (χ2n) is 6.33. The Morgan fingerprint density at radius 1 is 1.46 bits per heavy atom. The molecule has 0 amide bonds. The van der Waals surface area contributed by atoms with Crippen LogP contribution in [0.5, 0.6) is 5.75 Å². The minimum Gasteiger partial charge on any atom is -0.489 e. The molecule has 0 saturated heterocycles. The highest BCUT2D eigenvalue weighted by Gasteiger charge is 2.30. The number of benzene rings is 1. The van der Waals surface area contributed by atoms with Crippen molar-refractivity contribution in [3.8, 4) is 5.75 Å². The summed E-state index contributed by atoms with van der Waals surface area (Å²) >= 11 is 0. The number of nitrogens with zero attached hydrogens (tertiary/aromatic N) is 1. The van der Waals surface area contributed by atoms with Crippen molar-refractivity contribution < 1.29 is 18.7 Å². The summed E-state index contributed by atoms with van der Waals surface area (Å²) in [6, 6.07) is 1.73. The lowest BCUT2D eigenvalue weighted by Crippen LogP contribution is -2.22. The Balaban J connectivity index is 0.00000196. The van der Waals surface area contributed by atoms with Crippen LogP contribution in [-0.2, 0) is 11.3 Å². The Hall–Kier alpha value is -2.12. The quantitative estimate of drug-likeness (QED) is 0.826. The van der Waals surface area contributed by atoms with Crippen LogP contribution in [0.1, 0.15) is 41.7 Å². The Morgan fingerprint density at radius 2 is 2.23 bits per heavy atom. The van der Waals surface area contributed by atoms with E-state index in [2.05, 4.69) is 5.32 Å². The zero-order chi connectivity index (χ0) is 17.6. The molecule has 0 bridgehead atoms. The fraction of sp³-hybridized carbons (Fsp3) is 0.444. The van der Waals surface area contributed by atoms with Crippen molar-refractivity contribution in [2.75, 3.05) is 19.8 Å². The first-order valence-electron chi connectivity index (χ1n) is 8.52. The van der Waals surface area contributed by atoms with E-state index in [-0.39, 0.29) is 47.3 Å². The van der Waals surface area contributed by atoms with Crippen molar-refractivity contribution in [3.63, 3.8) is 0 Å². The summed E-state index contributed by atoms with van der Waals surface area (Å²) in [6.07, 6.45) is 3.21. The van der Waals surface area contributed by atoms with Crippen LogP contribution in [0.3, 0.4) is 0 Å². The van der Waals surface area contributed by atoms with E-state index in [1.54, 1.807) is 17.6 Å². The van der Waals surface area contributed by atoms with Gasteiger partial charge in [0.05, 0.1) is 17.5 Å². The van der Waals surface area contributed by atoms with Gasteiger partial charge in [-0.25, -0.2) is 9.18 Å². The van der Waals surface area contributed by atoms with Crippen molar-refractivity contribution in [1.82, 2.24) is 9.88 Å². The van der Waals surface area contributed by atoms with E-state index in [0.717, 1.165) is 12.8 Å². The van der Waals surface area contributed by atoms with Gasteiger partial charge in [0.25, 0.3) is 0 Å². The zero-order valence-electron chi connectivity index (χ0n) is 14.3. The molecule has 1 aromatic carbocycles. The summed E-state index contributed by atoms with van der Waals surface area (Å²) in [5, 5.41) is 3.33. The van der Waals surface area contributed by atoms with E-state index in [4.69, 9.17) is 9.47 Å². The van der Waals surface area contributed by atoms with Crippen LogP contribution in [0.4, 0.5) is 4.39 Å². The van der Waals surface area contributed by atoms with Gasteiger partial charge in [-0.05, 0) is 25.8 Å². The third kappa shape index (κ3) is 3.05. The van der Waals surface area contributed by atoms with Gasteiger partial charge >= 0.3 is 5.97 Å². The number of esters is 1. The highest BCUT2D eigenvalue weighted by atomic mass is 35.5. The van der Waals surface area contributed by atoms with E-state index in [1.807, 2.05) is 0 Å². The van der Waals surface area contributed by atoms with Gasteiger partial charge < -0.3 is 19.4 Å². The zero-order valence-corrected chi connectivity index (χ0v) is 15.2. The normalized spacial score (nSPS) is 16.2. The predicted molar refractivity (Wildman–Crippen MR) is 96.8 cm³/mol. The molecule has 0 unspecified atom stereocenters. The summed E-state index contributed by atoms with van der Waals surface area (Å²) in [5.74, 6) is -1.01. The molecule has 2 aliphatic rings. The minimum absolute atomic E-state index is 0. The van der Waals surface area contributed by atoms with Crippen molar-refractivity contribution in [3.05, 3.63) is 39.4 Å². The Morgan fingerprint density at radius 3 is 2.92 bits per heavy atom. The molecule has 1 fully saturated rings. The SMILES string of the molecule is CCOC(=O)c1cn(C2CC2)c2c(F)c3c(cc2c1=O)CNCCO3.Cl. The Labute approximate surface area is 155 Å². The highest BCUT2D eigenvalue weighted by molar-refractivity contribution is 5.94. The van der Waals surface area contributed by atoms with Crippen LogP contribution in [0, 0.1) is 5.82 Å². The van der Waals surface area contributed by atoms with Gasteiger partial charge in [-0.3, -0.25) is 4.79 Å². The van der Waals surface area contributed by atoms with Crippen LogP contribution < -0.4 is 15.5 Å². The van der Waals surface area contributed by atoms with Crippen LogP contribution >= 0.6 is 12.4 Å². The first kappa shape index (κ1) is 18.7. The number of nitrogens with one attached hydrogen (secondary N) is 1. The topological polar surface area (TPSA) is 69.6 Å². The maximum Gasteiger partial charge on any atom is 0.343 e. The summed E-state index contributed by atoms with van der Waals surface area (Å²) in [7, 11) is 0. The van der Waals surface area contributed by atoms with Crippen molar-refractivity contribution in [2.24, 2.45) is 0 Å². The number of aromatic nitrogens is 1. The van der Waals surface area contributed by atoms with E-state index in [1.165, 1.54) is 6.20 Å². The first-order chi connectivity index (χ1) is 12.1. The molecule has 0 spiro atoms. The van der Waals surface area contributed by atoms with Crippen LogP contribution in [0.25, 0.3) is 10.9 Å². The van der Waals surface area contributed by atoms with Gasteiger partial charge in [0.1, 0.15) is 12.2 Å². The minimum atomic E-state index is -0.673. The number of rotatable bonds is 3. The number of pyridine rings is 1. The van der Waals surface area contributed by atoms with Gasteiger partial charge in [0.15, 0.2) is 11.6 Å². The van der Waals surface area contributed by atoms with Crippen molar-refractivity contribution in [2.45, 2.75) is 32.4 Å². The average Bonchev–Trinajstić information content (AvgIpc) is 3.42. The number of hydrogen-bond acceptors (Lipinski definition) is 5. The molecule has 1 N–H and O–H groups in total. The van der Waals surface area contributed by atoms with E-state index in [9.17, 15) is 9.59 Å².